The highest BCUT2D eigenvalue weighted by Gasteiger charge is 2.23. The number of rotatable bonds is 7. The lowest BCUT2D eigenvalue weighted by Crippen LogP contribution is -2.28. The van der Waals surface area contributed by atoms with Crippen LogP contribution in [0.3, 0.4) is 0 Å². The Labute approximate surface area is 186 Å². The number of nitrogens with two attached hydrogens (primary N) is 1. The van der Waals surface area contributed by atoms with Crippen LogP contribution in [-0.2, 0) is 11.3 Å². The second kappa shape index (κ2) is 8.91. The molecule has 1 atom stereocenters. The Morgan fingerprint density at radius 3 is 2.63 bits per heavy atom. The van der Waals surface area contributed by atoms with Crippen molar-refractivity contribution in [2.45, 2.75) is 51.6 Å². The van der Waals surface area contributed by atoms with Gasteiger partial charge >= 0.3 is 0 Å². The molecule has 3 heterocycles. The first-order valence-electron chi connectivity index (χ1n) is 9.45. The van der Waals surface area contributed by atoms with Crippen LogP contribution < -0.4 is 16.6 Å². The summed E-state index contributed by atoms with van der Waals surface area (Å²) in [5.74, 6) is -0.628. The predicted octanol–water partition coefficient (Wildman–Crippen LogP) is 4.01. The maximum absolute atomic E-state index is 13.2. The van der Waals surface area contributed by atoms with E-state index in [0.717, 1.165) is 10.4 Å². The molecular formula is C20H24N4O3S3. The fourth-order valence-corrected chi connectivity index (χ4v) is 5.73. The van der Waals surface area contributed by atoms with Crippen LogP contribution in [0.25, 0.3) is 10.2 Å². The first kappa shape index (κ1) is 22.5. The molecule has 3 N–H and O–H groups in total. The molecule has 0 aliphatic carbocycles. The molecule has 0 aromatic carbocycles. The van der Waals surface area contributed by atoms with E-state index >= 15 is 0 Å². The zero-order valence-electron chi connectivity index (χ0n) is 17.4. The van der Waals surface area contributed by atoms with Crippen molar-refractivity contribution < 1.29 is 9.59 Å². The Hall–Kier alpha value is -2.17. The minimum atomic E-state index is -0.590. The second-order valence-corrected chi connectivity index (χ2v) is 10.9. The Kier molecular flexibility index (Phi) is 6.68. The molecule has 3 rings (SSSR count). The molecule has 1 unspecified atom stereocenters. The number of nitrogens with zero attached hydrogens (tertiary/aromatic N) is 2. The normalized spacial score (nSPS) is 12.5. The molecule has 160 valence electrons. The van der Waals surface area contributed by atoms with E-state index in [1.807, 2.05) is 27.7 Å². The van der Waals surface area contributed by atoms with Crippen LogP contribution in [0.15, 0.2) is 21.4 Å². The van der Waals surface area contributed by atoms with Crippen LogP contribution in [0.5, 0.6) is 0 Å². The van der Waals surface area contributed by atoms with Gasteiger partial charge < -0.3 is 11.1 Å². The lowest BCUT2D eigenvalue weighted by Gasteiger charge is -2.17. The van der Waals surface area contributed by atoms with Crippen molar-refractivity contribution in [1.82, 2.24) is 9.55 Å². The third-order valence-electron chi connectivity index (χ3n) is 4.62. The van der Waals surface area contributed by atoms with Crippen LogP contribution in [-0.4, -0.2) is 26.6 Å². The van der Waals surface area contributed by atoms with Crippen molar-refractivity contribution in [3.63, 3.8) is 0 Å². The van der Waals surface area contributed by atoms with E-state index in [2.05, 4.69) is 5.32 Å². The molecule has 0 saturated carbocycles. The van der Waals surface area contributed by atoms with Crippen LogP contribution in [0, 0.1) is 19.8 Å². The number of nitrogens with one attached hydrogen (secondary N) is 1. The summed E-state index contributed by atoms with van der Waals surface area (Å²) >= 11 is 3.97. The smallest absolute Gasteiger partial charge is 0.263 e. The van der Waals surface area contributed by atoms with Crippen molar-refractivity contribution >= 4 is 61.5 Å². The number of aromatic nitrogens is 2. The number of primary amides is 1. The third-order valence-corrected chi connectivity index (χ3v) is 7.64. The van der Waals surface area contributed by atoms with E-state index in [4.69, 9.17) is 10.7 Å². The van der Waals surface area contributed by atoms with Gasteiger partial charge in [0.25, 0.3) is 11.5 Å². The van der Waals surface area contributed by atoms with E-state index in [9.17, 15) is 14.4 Å². The van der Waals surface area contributed by atoms with Crippen molar-refractivity contribution in [2.24, 2.45) is 11.7 Å². The number of amides is 2. The van der Waals surface area contributed by atoms with Gasteiger partial charge in [-0.15, -0.1) is 22.7 Å². The first-order valence-corrected chi connectivity index (χ1v) is 12.0. The van der Waals surface area contributed by atoms with E-state index in [-0.39, 0.29) is 22.9 Å². The van der Waals surface area contributed by atoms with Gasteiger partial charge in [-0.05, 0) is 43.7 Å². The summed E-state index contributed by atoms with van der Waals surface area (Å²) in [5.41, 5.74) is 6.52. The Morgan fingerprint density at radius 2 is 2.00 bits per heavy atom. The first-order chi connectivity index (χ1) is 14.1. The minimum absolute atomic E-state index is 0.0695. The molecule has 30 heavy (non-hydrogen) atoms. The summed E-state index contributed by atoms with van der Waals surface area (Å²) < 4.78 is 1.67. The summed E-state index contributed by atoms with van der Waals surface area (Å²) in [4.78, 5) is 43.9. The fourth-order valence-electron chi connectivity index (χ4n) is 2.95. The standard InChI is InChI=1S/C20H24N4O3S3/c1-9(2)8-24-19(27)14-10(3)11(4)29-18(14)23-20(24)30-12(5)16(26)22-17-13(15(21)25)6-7-28-17/h6-7,9,12H,8H2,1-5H3,(H2,21,25)(H,22,26). The van der Waals surface area contributed by atoms with Gasteiger partial charge in [-0.2, -0.15) is 0 Å². The van der Waals surface area contributed by atoms with Gasteiger partial charge in [0.2, 0.25) is 5.91 Å². The molecule has 2 amide bonds. The summed E-state index contributed by atoms with van der Waals surface area (Å²) in [7, 11) is 0. The molecule has 0 aliphatic heterocycles. The van der Waals surface area contributed by atoms with Gasteiger partial charge in [0.15, 0.2) is 5.16 Å². The molecule has 0 fully saturated rings. The molecule has 3 aromatic heterocycles. The summed E-state index contributed by atoms with van der Waals surface area (Å²) in [5, 5.41) is 5.53. The topological polar surface area (TPSA) is 107 Å². The minimum Gasteiger partial charge on any atom is -0.366 e. The van der Waals surface area contributed by atoms with Crippen molar-refractivity contribution in [3.8, 4) is 0 Å². The number of thiophene rings is 2. The Bertz CT molecular complexity index is 1180. The largest absolute Gasteiger partial charge is 0.366 e. The van der Waals surface area contributed by atoms with Crippen LogP contribution in [0.1, 0.15) is 41.6 Å². The number of hydrogen-bond acceptors (Lipinski definition) is 7. The van der Waals surface area contributed by atoms with Gasteiger partial charge in [-0.1, -0.05) is 25.6 Å². The summed E-state index contributed by atoms with van der Waals surface area (Å²) in [6, 6.07) is 1.58. The maximum atomic E-state index is 13.2. The highest BCUT2D eigenvalue weighted by Crippen LogP contribution is 2.31. The van der Waals surface area contributed by atoms with E-state index in [0.29, 0.717) is 26.9 Å². The number of anilines is 1. The lowest BCUT2D eigenvalue weighted by molar-refractivity contribution is -0.115. The fraction of sp³-hybridized carbons (Fsp3) is 0.400. The molecule has 3 aromatic rings. The predicted molar refractivity (Wildman–Crippen MR) is 125 cm³/mol. The SMILES string of the molecule is Cc1sc2nc(SC(C)C(=O)Nc3sccc3C(N)=O)n(CC(C)C)c(=O)c2c1C. The van der Waals surface area contributed by atoms with Gasteiger partial charge in [-0.3, -0.25) is 19.0 Å². The molecule has 0 aliphatic rings. The molecule has 7 nitrogen and oxygen atoms in total. The maximum Gasteiger partial charge on any atom is 0.263 e. The zero-order valence-corrected chi connectivity index (χ0v) is 19.9. The quantitative estimate of drug-likeness (QED) is 0.406. The number of carbonyl (C=O) groups excluding carboxylic acids is 2. The van der Waals surface area contributed by atoms with Crippen molar-refractivity contribution in [2.75, 3.05) is 5.32 Å². The highest BCUT2D eigenvalue weighted by molar-refractivity contribution is 8.00. The van der Waals surface area contributed by atoms with Crippen molar-refractivity contribution in [3.05, 3.63) is 37.8 Å². The molecule has 0 saturated heterocycles. The van der Waals surface area contributed by atoms with E-state index in [1.165, 1.54) is 34.4 Å². The number of hydrogen-bond donors (Lipinski definition) is 2. The van der Waals surface area contributed by atoms with Gasteiger partial charge in [0, 0.05) is 11.4 Å². The molecule has 0 spiro atoms. The molecule has 10 heteroatoms. The van der Waals surface area contributed by atoms with Crippen LogP contribution in [0.2, 0.25) is 0 Å². The van der Waals surface area contributed by atoms with Gasteiger partial charge in [0.1, 0.15) is 9.83 Å². The number of aryl methyl sites for hydroxylation is 2. The monoisotopic (exact) mass is 464 g/mol. The van der Waals surface area contributed by atoms with Crippen molar-refractivity contribution in [1.29, 1.82) is 0 Å². The van der Waals surface area contributed by atoms with E-state index in [1.54, 1.807) is 22.9 Å². The zero-order chi connectivity index (χ0) is 22.2. The second-order valence-electron chi connectivity index (χ2n) is 7.44. The molecule has 0 bridgehead atoms. The molecule has 0 radical (unpaired) electrons. The van der Waals surface area contributed by atoms with Gasteiger partial charge in [-0.25, -0.2) is 4.98 Å². The van der Waals surface area contributed by atoms with Gasteiger partial charge in [0.05, 0.1) is 16.2 Å². The van der Waals surface area contributed by atoms with Crippen LogP contribution >= 0.6 is 34.4 Å². The Balaban J connectivity index is 1.93. The van der Waals surface area contributed by atoms with E-state index < -0.39 is 11.2 Å². The average Bonchev–Trinajstić information content (AvgIpc) is 3.22. The third kappa shape index (κ3) is 4.45. The summed E-state index contributed by atoms with van der Waals surface area (Å²) in [6.07, 6.45) is 0. The highest BCUT2D eigenvalue weighted by atomic mass is 32.2. The lowest BCUT2D eigenvalue weighted by atomic mass is 10.2. The van der Waals surface area contributed by atoms with Crippen LogP contribution in [0.4, 0.5) is 5.00 Å². The number of fused-ring (bicyclic) bond motifs is 1. The molecular weight excluding hydrogens is 440 g/mol. The summed E-state index contributed by atoms with van der Waals surface area (Å²) in [6.45, 7) is 10.3. The number of carbonyl (C=O) groups is 2. The number of thioether (sulfide) groups is 1. The Morgan fingerprint density at radius 1 is 1.30 bits per heavy atom. The average molecular weight is 465 g/mol.